The fraction of sp³-hybridized carbons (Fsp3) is 0.250. The van der Waals surface area contributed by atoms with Crippen LogP contribution in [-0.4, -0.2) is 38.6 Å². The van der Waals surface area contributed by atoms with Crippen molar-refractivity contribution in [2.75, 3.05) is 6.61 Å². The zero-order valence-corrected chi connectivity index (χ0v) is 14.8. The highest BCUT2D eigenvalue weighted by atomic mass is 16.3. The van der Waals surface area contributed by atoms with Crippen molar-refractivity contribution in [3.05, 3.63) is 72.2 Å². The number of hydrazine groups is 1. The highest BCUT2D eigenvalue weighted by Gasteiger charge is 2.24. The second-order valence-electron chi connectivity index (χ2n) is 6.35. The van der Waals surface area contributed by atoms with Crippen LogP contribution in [0.4, 0.5) is 0 Å². The summed E-state index contributed by atoms with van der Waals surface area (Å²) < 4.78 is 0. The van der Waals surface area contributed by atoms with Crippen LogP contribution in [0, 0.1) is 0 Å². The van der Waals surface area contributed by atoms with E-state index in [0.29, 0.717) is 11.1 Å². The van der Waals surface area contributed by atoms with Gasteiger partial charge < -0.3 is 5.11 Å². The molecule has 1 atom stereocenters. The number of nitrogens with one attached hydrogen (secondary N) is 1. The SMILES string of the molecule is CC(C)N(NC(=O)c1ccc2cncnc2c1)C(CO)c1ccccc1. The molecule has 0 aliphatic carbocycles. The fourth-order valence-corrected chi connectivity index (χ4v) is 2.89. The Labute approximate surface area is 152 Å². The number of aliphatic hydroxyl groups is 1. The molecule has 0 aliphatic rings. The van der Waals surface area contributed by atoms with Crippen molar-refractivity contribution in [3.8, 4) is 0 Å². The maximum Gasteiger partial charge on any atom is 0.265 e. The molecule has 26 heavy (non-hydrogen) atoms. The van der Waals surface area contributed by atoms with Gasteiger partial charge in [0.25, 0.3) is 5.91 Å². The van der Waals surface area contributed by atoms with E-state index in [0.717, 1.165) is 10.9 Å². The number of carbonyl (C=O) groups excluding carboxylic acids is 1. The maximum absolute atomic E-state index is 12.8. The molecule has 134 valence electrons. The minimum Gasteiger partial charge on any atom is -0.394 e. The quantitative estimate of drug-likeness (QED) is 0.668. The van der Waals surface area contributed by atoms with Gasteiger partial charge in [0.1, 0.15) is 6.33 Å². The van der Waals surface area contributed by atoms with Crippen LogP contribution < -0.4 is 5.43 Å². The highest BCUT2D eigenvalue weighted by Crippen LogP contribution is 2.21. The summed E-state index contributed by atoms with van der Waals surface area (Å²) in [6.07, 6.45) is 3.17. The molecule has 1 unspecified atom stereocenters. The van der Waals surface area contributed by atoms with Crippen molar-refractivity contribution in [1.82, 2.24) is 20.4 Å². The Bertz CT molecular complexity index is 883. The van der Waals surface area contributed by atoms with E-state index < -0.39 is 0 Å². The number of aromatic nitrogens is 2. The number of benzene rings is 2. The van der Waals surface area contributed by atoms with Gasteiger partial charge in [-0.1, -0.05) is 36.4 Å². The topological polar surface area (TPSA) is 78.4 Å². The van der Waals surface area contributed by atoms with Gasteiger partial charge >= 0.3 is 0 Å². The van der Waals surface area contributed by atoms with Crippen LogP contribution in [0.2, 0.25) is 0 Å². The standard InChI is InChI=1S/C20H22N4O2/c1-14(2)24(19(12-25)15-6-4-3-5-7-15)23-20(26)16-8-9-17-11-21-13-22-18(17)10-16/h3-11,13-14,19,25H,12H2,1-2H3,(H,23,26). The van der Waals surface area contributed by atoms with E-state index >= 15 is 0 Å². The average Bonchev–Trinajstić information content (AvgIpc) is 2.68. The van der Waals surface area contributed by atoms with Crippen LogP contribution in [-0.2, 0) is 0 Å². The van der Waals surface area contributed by atoms with Gasteiger partial charge in [-0.15, -0.1) is 0 Å². The van der Waals surface area contributed by atoms with E-state index in [9.17, 15) is 9.90 Å². The molecule has 1 heterocycles. The van der Waals surface area contributed by atoms with Gasteiger partial charge in [0.05, 0.1) is 18.2 Å². The first-order chi connectivity index (χ1) is 12.6. The van der Waals surface area contributed by atoms with Crippen molar-refractivity contribution in [1.29, 1.82) is 0 Å². The molecule has 6 heteroatoms. The van der Waals surface area contributed by atoms with Crippen LogP contribution in [0.25, 0.3) is 10.9 Å². The van der Waals surface area contributed by atoms with E-state index in [4.69, 9.17) is 0 Å². The van der Waals surface area contributed by atoms with E-state index in [1.165, 1.54) is 6.33 Å². The molecule has 0 saturated heterocycles. The van der Waals surface area contributed by atoms with E-state index in [1.54, 1.807) is 23.3 Å². The summed E-state index contributed by atoms with van der Waals surface area (Å²) in [7, 11) is 0. The normalized spacial score (nSPS) is 12.5. The molecule has 0 aliphatic heterocycles. The lowest BCUT2D eigenvalue weighted by Crippen LogP contribution is -2.49. The Morgan fingerprint density at radius 3 is 2.65 bits per heavy atom. The average molecular weight is 350 g/mol. The van der Waals surface area contributed by atoms with Crippen LogP contribution in [0.5, 0.6) is 0 Å². The Morgan fingerprint density at radius 1 is 1.19 bits per heavy atom. The minimum atomic E-state index is -0.331. The summed E-state index contributed by atoms with van der Waals surface area (Å²) >= 11 is 0. The first-order valence-electron chi connectivity index (χ1n) is 8.55. The summed E-state index contributed by atoms with van der Waals surface area (Å²) in [4.78, 5) is 20.9. The van der Waals surface area contributed by atoms with E-state index in [2.05, 4.69) is 15.4 Å². The van der Waals surface area contributed by atoms with Crippen LogP contribution >= 0.6 is 0 Å². The summed E-state index contributed by atoms with van der Waals surface area (Å²) in [6.45, 7) is 3.84. The van der Waals surface area contributed by atoms with Crippen molar-refractivity contribution in [3.63, 3.8) is 0 Å². The first kappa shape index (κ1) is 18.0. The predicted molar refractivity (Wildman–Crippen MR) is 100 cm³/mol. The smallest absolute Gasteiger partial charge is 0.265 e. The molecule has 3 aromatic rings. The summed E-state index contributed by atoms with van der Waals surface area (Å²) in [5, 5.41) is 12.6. The van der Waals surface area contributed by atoms with Gasteiger partial charge in [0.2, 0.25) is 0 Å². The molecule has 2 aromatic carbocycles. The van der Waals surface area contributed by atoms with Crippen molar-refractivity contribution in [2.24, 2.45) is 0 Å². The van der Waals surface area contributed by atoms with Crippen molar-refractivity contribution in [2.45, 2.75) is 25.9 Å². The number of hydrogen-bond donors (Lipinski definition) is 2. The molecule has 1 aromatic heterocycles. The molecule has 0 saturated carbocycles. The van der Waals surface area contributed by atoms with Gasteiger partial charge in [-0.05, 0) is 31.5 Å². The highest BCUT2D eigenvalue weighted by molar-refractivity contribution is 5.97. The third-order valence-electron chi connectivity index (χ3n) is 4.25. The van der Waals surface area contributed by atoms with Gasteiger partial charge in [-0.3, -0.25) is 10.2 Å². The largest absolute Gasteiger partial charge is 0.394 e. The monoisotopic (exact) mass is 350 g/mol. The maximum atomic E-state index is 12.8. The number of carbonyl (C=O) groups is 1. The lowest BCUT2D eigenvalue weighted by molar-refractivity contribution is 0.0372. The second-order valence-corrected chi connectivity index (χ2v) is 6.35. The van der Waals surface area contributed by atoms with Gasteiger partial charge in [0.15, 0.2) is 0 Å². The third kappa shape index (κ3) is 3.87. The van der Waals surface area contributed by atoms with Gasteiger partial charge in [-0.25, -0.2) is 15.0 Å². The number of fused-ring (bicyclic) bond motifs is 1. The minimum absolute atomic E-state index is 0.000845. The summed E-state index contributed by atoms with van der Waals surface area (Å²) in [5.41, 5.74) is 5.10. The van der Waals surface area contributed by atoms with Crippen molar-refractivity contribution >= 4 is 16.8 Å². The number of nitrogens with zero attached hydrogens (tertiary/aromatic N) is 3. The van der Waals surface area contributed by atoms with E-state index in [1.807, 2.05) is 50.2 Å². The number of aliphatic hydroxyl groups excluding tert-OH is 1. The Kier molecular flexibility index (Phi) is 5.55. The molecule has 0 spiro atoms. The molecular weight excluding hydrogens is 328 g/mol. The van der Waals surface area contributed by atoms with Crippen LogP contribution in [0.1, 0.15) is 35.8 Å². The fourth-order valence-electron chi connectivity index (χ4n) is 2.89. The predicted octanol–water partition coefficient (Wildman–Crippen LogP) is 2.72. The molecule has 0 bridgehead atoms. The first-order valence-corrected chi connectivity index (χ1v) is 8.55. The van der Waals surface area contributed by atoms with Gasteiger partial charge in [0, 0.05) is 23.2 Å². The Morgan fingerprint density at radius 2 is 1.96 bits per heavy atom. The molecule has 0 radical (unpaired) electrons. The number of amides is 1. The van der Waals surface area contributed by atoms with Crippen LogP contribution in [0.15, 0.2) is 61.1 Å². The molecule has 2 N–H and O–H groups in total. The zero-order chi connectivity index (χ0) is 18.5. The third-order valence-corrected chi connectivity index (χ3v) is 4.25. The second kappa shape index (κ2) is 8.03. The molecule has 6 nitrogen and oxygen atoms in total. The molecule has 1 amide bonds. The van der Waals surface area contributed by atoms with E-state index in [-0.39, 0.29) is 24.6 Å². The Balaban J connectivity index is 1.85. The van der Waals surface area contributed by atoms with Gasteiger partial charge in [-0.2, -0.15) is 0 Å². The number of hydrogen-bond acceptors (Lipinski definition) is 5. The molecule has 3 rings (SSSR count). The number of rotatable bonds is 6. The molecular formula is C20H22N4O2. The lowest BCUT2D eigenvalue weighted by atomic mass is 10.1. The Hall–Kier alpha value is -2.83. The molecule has 0 fully saturated rings. The summed E-state index contributed by atoms with van der Waals surface area (Å²) in [5.74, 6) is -0.242. The lowest BCUT2D eigenvalue weighted by Gasteiger charge is -2.34. The summed E-state index contributed by atoms with van der Waals surface area (Å²) in [6, 6.07) is 14.6. The van der Waals surface area contributed by atoms with Crippen LogP contribution in [0.3, 0.4) is 0 Å². The zero-order valence-electron chi connectivity index (χ0n) is 14.8. The van der Waals surface area contributed by atoms with Crippen molar-refractivity contribution < 1.29 is 9.90 Å².